The Bertz CT molecular complexity index is 144. The van der Waals surface area contributed by atoms with Crippen molar-refractivity contribution in [1.29, 1.82) is 0 Å². The highest BCUT2D eigenvalue weighted by molar-refractivity contribution is 4.85. The van der Waals surface area contributed by atoms with Crippen LogP contribution in [0.15, 0.2) is 0 Å². The summed E-state index contributed by atoms with van der Waals surface area (Å²) in [5, 5.41) is 0. The van der Waals surface area contributed by atoms with Crippen LogP contribution in [-0.2, 0) is 0 Å². The topological polar surface area (TPSA) is 3.24 Å². The minimum Gasteiger partial charge on any atom is -0.300 e. The molecule has 0 aromatic rings. The number of unbranched alkanes of at least 4 members (excludes halogenated alkanes) is 2. The quantitative estimate of drug-likeness (QED) is 0.431. The largest absolute Gasteiger partial charge is 0.300 e. The third kappa shape index (κ3) is 6.66. The lowest BCUT2D eigenvalue weighted by Gasteiger charge is -2.25. The van der Waals surface area contributed by atoms with Crippen molar-refractivity contribution in [2.75, 3.05) is 13.1 Å². The van der Waals surface area contributed by atoms with E-state index in [0.717, 1.165) is 13.0 Å². The minimum atomic E-state index is 0.630. The summed E-state index contributed by atoms with van der Waals surface area (Å²) in [7, 11) is 0. The molecule has 0 saturated heterocycles. The summed E-state index contributed by atoms with van der Waals surface area (Å²) in [4.78, 5) is 2.47. The Labute approximate surface area is 83.5 Å². The van der Waals surface area contributed by atoms with E-state index in [1.54, 1.807) is 0 Å². The van der Waals surface area contributed by atoms with Crippen LogP contribution in [0, 0.1) is 12.3 Å². The Balaban J connectivity index is 3.62. The summed E-state index contributed by atoms with van der Waals surface area (Å²) in [6.45, 7) is 8.97. The first-order valence-corrected chi connectivity index (χ1v) is 5.39. The molecule has 0 aliphatic carbocycles. The van der Waals surface area contributed by atoms with E-state index < -0.39 is 0 Å². The molecule has 0 unspecified atom stereocenters. The summed E-state index contributed by atoms with van der Waals surface area (Å²) in [5.41, 5.74) is 0. The van der Waals surface area contributed by atoms with Crippen LogP contribution in [0.5, 0.6) is 0 Å². The second-order valence-electron chi connectivity index (χ2n) is 3.79. The van der Waals surface area contributed by atoms with E-state index in [2.05, 4.69) is 31.6 Å². The van der Waals surface area contributed by atoms with Crippen LogP contribution < -0.4 is 0 Å². The average molecular weight is 181 g/mol. The van der Waals surface area contributed by atoms with E-state index in [9.17, 15) is 0 Å². The zero-order valence-electron chi connectivity index (χ0n) is 9.34. The van der Waals surface area contributed by atoms with Gasteiger partial charge in [0.1, 0.15) is 0 Å². The maximum atomic E-state index is 5.26. The summed E-state index contributed by atoms with van der Waals surface area (Å²) in [5.74, 6) is 2.70. The van der Waals surface area contributed by atoms with E-state index in [-0.39, 0.29) is 0 Å². The van der Waals surface area contributed by atoms with Gasteiger partial charge in [0.05, 0.1) is 0 Å². The highest BCUT2D eigenvalue weighted by Gasteiger charge is 2.06. The van der Waals surface area contributed by atoms with Gasteiger partial charge in [-0.25, -0.2) is 0 Å². The molecule has 0 heterocycles. The summed E-state index contributed by atoms with van der Waals surface area (Å²) in [6, 6.07) is 0.630. The molecule has 76 valence electrons. The number of hydrogen-bond acceptors (Lipinski definition) is 1. The van der Waals surface area contributed by atoms with Crippen LogP contribution in [0.25, 0.3) is 0 Å². The Morgan fingerprint density at radius 1 is 1.23 bits per heavy atom. The summed E-state index contributed by atoms with van der Waals surface area (Å²) in [6.07, 6.45) is 10.1. The number of rotatable bonds is 7. The molecule has 1 heteroatoms. The molecule has 0 N–H and O–H groups in total. The first kappa shape index (κ1) is 12.5. The molecule has 0 spiro atoms. The molecule has 0 atom stereocenters. The van der Waals surface area contributed by atoms with Crippen molar-refractivity contribution in [1.82, 2.24) is 4.90 Å². The molecule has 0 aromatic carbocycles. The predicted molar refractivity (Wildman–Crippen MR) is 59.7 cm³/mol. The second-order valence-corrected chi connectivity index (χ2v) is 3.79. The lowest BCUT2D eigenvalue weighted by Crippen LogP contribution is -2.32. The second kappa shape index (κ2) is 8.13. The molecule has 0 amide bonds. The SMILES string of the molecule is C#CCCN(CCCCC)C(C)C. The van der Waals surface area contributed by atoms with Gasteiger partial charge in [-0.1, -0.05) is 19.8 Å². The molecule has 0 bridgehead atoms. The molecule has 13 heavy (non-hydrogen) atoms. The average Bonchev–Trinajstić information content (AvgIpc) is 2.10. The maximum Gasteiger partial charge on any atom is 0.0214 e. The fourth-order valence-corrected chi connectivity index (χ4v) is 1.40. The Morgan fingerprint density at radius 3 is 2.38 bits per heavy atom. The first-order valence-electron chi connectivity index (χ1n) is 5.39. The van der Waals surface area contributed by atoms with Crippen LogP contribution in [-0.4, -0.2) is 24.0 Å². The maximum absolute atomic E-state index is 5.26. The van der Waals surface area contributed by atoms with Crippen molar-refractivity contribution >= 4 is 0 Å². The minimum absolute atomic E-state index is 0.630. The molecule has 0 fully saturated rings. The van der Waals surface area contributed by atoms with Crippen molar-refractivity contribution in [3.05, 3.63) is 0 Å². The van der Waals surface area contributed by atoms with Crippen molar-refractivity contribution in [2.45, 2.75) is 52.5 Å². The van der Waals surface area contributed by atoms with E-state index in [1.807, 2.05) is 0 Å². The number of terminal acetylenes is 1. The predicted octanol–water partition coefficient (Wildman–Crippen LogP) is 2.91. The van der Waals surface area contributed by atoms with Gasteiger partial charge in [0.15, 0.2) is 0 Å². The smallest absolute Gasteiger partial charge is 0.0214 e. The van der Waals surface area contributed by atoms with Gasteiger partial charge < -0.3 is 0 Å². The zero-order valence-corrected chi connectivity index (χ0v) is 9.34. The van der Waals surface area contributed by atoms with Crippen LogP contribution >= 0.6 is 0 Å². The third-order valence-corrected chi connectivity index (χ3v) is 2.32. The molecule has 0 aromatic heterocycles. The van der Waals surface area contributed by atoms with E-state index >= 15 is 0 Å². The Kier molecular flexibility index (Phi) is 7.83. The van der Waals surface area contributed by atoms with Crippen molar-refractivity contribution < 1.29 is 0 Å². The van der Waals surface area contributed by atoms with Crippen molar-refractivity contribution in [3.63, 3.8) is 0 Å². The number of hydrogen-bond donors (Lipinski definition) is 0. The van der Waals surface area contributed by atoms with Gasteiger partial charge in [0.25, 0.3) is 0 Å². The summed E-state index contributed by atoms with van der Waals surface area (Å²) >= 11 is 0. The van der Waals surface area contributed by atoms with Crippen molar-refractivity contribution in [3.8, 4) is 12.3 Å². The molecule has 0 saturated carbocycles. The standard InChI is InChI=1S/C12H23N/c1-5-7-9-11-13(12(3)4)10-8-6-2/h2,12H,5,7-11H2,1,3-4H3. The van der Waals surface area contributed by atoms with Crippen LogP contribution in [0.2, 0.25) is 0 Å². The molecular formula is C12H23N. The van der Waals surface area contributed by atoms with Gasteiger partial charge in [-0.2, -0.15) is 0 Å². The van der Waals surface area contributed by atoms with Gasteiger partial charge in [0, 0.05) is 19.0 Å². The fourth-order valence-electron chi connectivity index (χ4n) is 1.40. The third-order valence-electron chi connectivity index (χ3n) is 2.32. The van der Waals surface area contributed by atoms with Gasteiger partial charge in [0.2, 0.25) is 0 Å². The van der Waals surface area contributed by atoms with E-state index in [1.165, 1.54) is 25.8 Å². The van der Waals surface area contributed by atoms with E-state index in [4.69, 9.17) is 6.42 Å². The molecule has 0 radical (unpaired) electrons. The monoisotopic (exact) mass is 181 g/mol. The highest BCUT2D eigenvalue weighted by atomic mass is 15.1. The van der Waals surface area contributed by atoms with Gasteiger partial charge >= 0.3 is 0 Å². The normalized spacial score (nSPS) is 10.8. The molecule has 0 aliphatic heterocycles. The number of nitrogens with zero attached hydrogens (tertiary/aromatic N) is 1. The summed E-state index contributed by atoms with van der Waals surface area (Å²) < 4.78 is 0. The van der Waals surface area contributed by atoms with Gasteiger partial charge in [-0.05, 0) is 26.8 Å². The van der Waals surface area contributed by atoms with Gasteiger partial charge in [-0.15, -0.1) is 12.3 Å². The van der Waals surface area contributed by atoms with Crippen LogP contribution in [0.1, 0.15) is 46.5 Å². The van der Waals surface area contributed by atoms with Crippen LogP contribution in [0.3, 0.4) is 0 Å². The van der Waals surface area contributed by atoms with Crippen molar-refractivity contribution in [2.24, 2.45) is 0 Å². The zero-order chi connectivity index (χ0) is 10.1. The fraction of sp³-hybridized carbons (Fsp3) is 0.833. The lowest BCUT2D eigenvalue weighted by molar-refractivity contribution is 0.222. The Morgan fingerprint density at radius 2 is 1.92 bits per heavy atom. The van der Waals surface area contributed by atoms with Gasteiger partial charge in [-0.3, -0.25) is 4.90 Å². The lowest BCUT2D eigenvalue weighted by atomic mass is 10.2. The molecule has 1 nitrogen and oxygen atoms in total. The molecule has 0 aliphatic rings. The molecular weight excluding hydrogens is 158 g/mol. The van der Waals surface area contributed by atoms with E-state index in [0.29, 0.717) is 6.04 Å². The van der Waals surface area contributed by atoms with Crippen LogP contribution in [0.4, 0.5) is 0 Å². The highest BCUT2D eigenvalue weighted by Crippen LogP contribution is 2.03. The molecule has 0 rings (SSSR count). The Hall–Kier alpha value is -0.480. The first-order chi connectivity index (χ1) is 6.22.